The molecular formula is C16H12N2O. The zero-order chi connectivity index (χ0) is 13.0. The molecule has 0 unspecified atom stereocenters. The van der Waals surface area contributed by atoms with Crippen molar-refractivity contribution in [1.29, 1.82) is 0 Å². The summed E-state index contributed by atoms with van der Waals surface area (Å²) in [5.41, 5.74) is 5.10. The number of hydrogen-bond donors (Lipinski definition) is 1. The van der Waals surface area contributed by atoms with Crippen LogP contribution in [0.4, 0.5) is 0 Å². The molecule has 2 heterocycles. The van der Waals surface area contributed by atoms with Gasteiger partial charge in [0.15, 0.2) is 0 Å². The van der Waals surface area contributed by atoms with E-state index in [1.165, 1.54) is 0 Å². The van der Waals surface area contributed by atoms with Gasteiger partial charge in [-0.3, -0.25) is 4.40 Å². The molecule has 1 N–H and O–H groups in total. The molecule has 0 aliphatic heterocycles. The molecule has 4 rings (SSSR count). The van der Waals surface area contributed by atoms with Crippen LogP contribution in [-0.2, 0) is 0 Å². The summed E-state index contributed by atoms with van der Waals surface area (Å²) in [6, 6.07) is 15.6. The van der Waals surface area contributed by atoms with Crippen molar-refractivity contribution in [2.75, 3.05) is 0 Å². The largest absolute Gasteiger partial charge is 0.508 e. The van der Waals surface area contributed by atoms with Crippen LogP contribution in [0.5, 0.6) is 5.75 Å². The molecule has 0 spiro atoms. The Labute approximate surface area is 109 Å². The molecule has 2 aromatic carbocycles. The average molecular weight is 248 g/mol. The Balaban J connectivity index is 2.37. The molecule has 3 heteroatoms. The van der Waals surface area contributed by atoms with Crippen LogP contribution in [0.15, 0.2) is 48.5 Å². The van der Waals surface area contributed by atoms with Gasteiger partial charge in [-0.2, -0.15) is 0 Å². The molecule has 0 atom stereocenters. The second-order valence-corrected chi connectivity index (χ2v) is 4.82. The lowest BCUT2D eigenvalue weighted by atomic mass is 10.1. The second-order valence-electron chi connectivity index (χ2n) is 4.82. The second kappa shape index (κ2) is 3.48. The standard InChI is InChI=1S/C16H12N2O/c1-10-8-16-17-13-4-2-3-5-14(13)18(16)15-9-11(19)6-7-12(10)15/h2-9,19H,1H3. The minimum atomic E-state index is 0.275. The highest BCUT2D eigenvalue weighted by Crippen LogP contribution is 2.28. The Morgan fingerprint density at radius 2 is 1.84 bits per heavy atom. The summed E-state index contributed by atoms with van der Waals surface area (Å²) in [4.78, 5) is 4.64. The highest BCUT2D eigenvalue weighted by Gasteiger charge is 2.09. The maximum atomic E-state index is 9.76. The Bertz CT molecular complexity index is 938. The smallest absolute Gasteiger partial charge is 0.138 e. The van der Waals surface area contributed by atoms with Crippen molar-refractivity contribution in [3.05, 3.63) is 54.1 Å². The molecule has 0 saturated carbocycles. The van der Waals surface area contributed by atoms with Gasteiger partial charge in [-0.15, -0.1) is 0 Å². The number of aromatic nitrogens is 2. The average Bonchev–Trinajstić information content (AvgIpc) is 2.76. The fraction of sp³-hybridized carbons (Fsp3) is 0.0625. The Hall–Kier alpha value is -2.55. The van der Waals surface area contributed by atoms with Gasteiger partial charge < -0.3 is 5.11 Å². The Morgan fingerprint density at radius 3 is 2.74 bits per heavy atom. The maximum Gasteiger partial charge on any atom is 0.138 e. The van der Waals surface area contributed by atoms with Gasteiger partial charge in [0.25, 0.3) is 0 Å². The van der Waals surface area contributed by atoms with E-state index in [4.69, 9.17) is 0 Å². The molecule has 0 bridgehead atoms. The van der Waals surface area contributed by atoms with Crippen LogP contribution in [0, 0.1) is 6.92 Å². The highest BCUT2D eigenvalue weighted by atomic mass is 16.3. The van der Waals surface area contributed by atoms with Crippen molar-refractivity contribution in [1.82, 2.24) is 9.38 Å². The molecule has 0 amide bonds. The van der Waals surface area contributed by atoms with Crippen molar-refractivity contribution < 1.29 is 5.11 Å². The summed E-state index contributed by atoms with van der Waals surface area (Å²) < 4.78 is 2.09. The number of imidazole rings is 1. The predicted octanol–water partition coefficient (Wildman–Crippen LogP) is 3.65. The minimum absolute atomic E-state index is 0.275. The first-order valence-electron chi connectivity index (χ1n) is 6.23. The molecule has 3 nitrogen and oxygen atoms in total. The molecule has 92 valence electrons. The van der Waals surface area contributed by atoms with Gasteiger partial charge in [-0.25, -0.2) is 4.98 Å². The number of pyridine rings is 1. The van der Waals surface area contributed by atoms with Crippen molar-refractivity contribution in [2.45, 2.75) is 6.92 Å². The molecular weight excluding hydrogens is 236 g/mol. The number of aromatic hydroxyl groups is 1. The number of para-hydroxylation sites is 2. The Kier molecular flexibility index (Phi) is 1.90. The quantitative estimate of drug-likeness (QED) is 0.515. The van der Waals surface area contributed by atoms with Crippen molar-refractivity contribution in [3.8, 4) is 5.75 Å². The number of fused-ring (bicyclic) bond motifs is 5. The van der Waals surface area contributed by atoms with Crippen molar-refractivity contribution in [2.24, 2.45) is 0 Å². The SMILES string of the molecule is Cc1cc2nc3ccccc3n2c2cc(O)ccc12. The van der Waals surface area contributed by atoms with E-state index in [2.05, 4.69) is 22.4 Å². The minimum Gasteiger partial charge on any atom is -0.508 e. The van der Waals surface area contributed by atoms with E-state index in [0.717, 1.165) is 33.1 Å². The van der Waals surface area contributed by atoms with Gasteiger partial charge in [0, 0.05) is 11.5 Å². The molecule has 0 radical (unpaired) electrons. The summed E-state index contributed by atoms with van der Waals surface area (Å²) in [5.74, 6) is 0.275. The molecule has 0 aliphatic carbocycles. The molecule has 2 aromatic heterocycles. The Morgan fingerprint density at radius 1 is 1.00 bits per heavy atom. The van der Waals surface area contributed by atoms with Crippen LogP contribution < -0.4 is 0 Å². The maximum absolute atomic E-state index is 9.76. The first-order chi connectivity index (χ1) is 9.24. The normalized spacial score (nSPS) is 11.6. The van der Waals surface area contributed by atoms with Crippen LogP contribution in [0.2, 0.25) is 0 Å². The van der Waals surface area contributed by atoms with Gasteiger partial charge >= 0.3 is 0 Å². The number of nitrogens with zero attached hydrogens (tertiary/aromatic N) is 2. The zero-order valence-corrected chi connectivity index (χ0v) is 10.5. The summed E-state index contributed by atoms with van der Waals surface area (Å²) in [6.07, 6.45) is 0. The first-order valence-corrected chi connectivity index (χ1v) is 6.23. The summed E-state index contributed by atoms with van der Waals surface area (Å²) >= 11 is 0. The number of aryl methyl sites for hydroxylation is 1. The van der Waals surface area contributed by atoms with Crippen LogP contribution >= 0.6 is 0 Å². The van der Waals surface area contributed by atoms with E-state index in [1.807, 2.05) is 30.3 Å². The summed E-state index contributed by atoms with van der Waals surface area (Å²) in [5, 5.41) is 10.9. The lowest BCUT2D eigenvalue weighted by Gasteiger charge is -2.07. The van der Waals surface area contributed by atoms with Gasteiger partial charge in [-0.05, 0) is 42.8 Å². The number of hydrogen-bond acceptors (Lipinski definition) is 2. The van der Waals surface area contributed by atoms with E-state index >= 15 is 0 Å². The first kappa shape index (κ1) is 10.4. The van der Waals surface area contributed by atoms with E-state index in [0.29, 0.717) is 0 Å². The number of rotatable bonds is 0. The lowest BCUT2D eigenvalue weighted by molar-refractivity contribution is 0.476. The lowest BCUT2D eigenvalue weighted by Crippen LogP contribution is -1.90. The number of benzene rings is 2. The number of phenols is 1. The highest BCUT2D eigenvalue weighted by molar-refractivity contribution is 5.93. The molecule has 0 aliphatic rings. The third kappa shape index (κ3) is 1.35. The zero-order valence-electron chi connectivity index (χ0n) is 10.5. The van der Waals surface area contributed by atoms with Gasteiger partial charge in [0.1, 0.15) is 11.4 Å². The van der Waals surface area contributed by atoms with Crippen LogP contribution in [0.3, 0.4) is 0 Å². The van der Waals surface area contributed by atoms with Crippen LogP contribution in [0.25, 0.3) is 27.6 Å². The van der Waals surface area contributed by atoms with E-state index in [-0.39, 0.29) is 5.75 Å². The van der Waals surface area contributed by atoms with Crippen LogP contribution in [0.1, 0.15) is 5.56 Å². The molecule has 19 heavy (non-hydrogen) atoms. The molecule has 0 saturated heterocycles. The van der Waals surface area contributed by atoms with Gasteiger partial charge in [-0.1, -0.05) is 12.1 Å². The van der Waals surface area contributed by atoms with E-state index < -0.39 is 0 Å². The fourth-order valence-corrected chi connectivity index (χ4v) is 2.70. The summed E-state index contributed by atoms with van der Waals surface area (Å²) in [6.45, 7) is 2.07. The van der Waals surface area contributed by atoms with Crippen LogP contribution in [-0.4, -0.2) is 14.5 Å². The predicted molar refractivity (Wildman–Crippen MR) is 76.6 cm³/mol. The molecule has 0 fully saturated rings. The monoisotopic (exact) mass is 248 g/mol. The van der Waals surface area contributed by atoms with Crippen molar-refractivity contribution in [3.63, 3.8) is 0 Å². The van der Waals surface area contributed by atoms with Gasteiger partial charge in [0.2, 0.25) is 0 Å². The number of phenolic OH excluding ortho intramolecular Hbond substituents is 1. The van der Waals surface area contributed by atoms with Crippen molar-refractivity contribution >= 4 is 27.6 Å². The topological polar surface area (TPSA) is 37.5 Å². The van der Waals surface area contributed by atoms with Gasteiger partial charge in [0.05, 0.1) is 16.6 Å². The molecule has 4 aromatic rings. The van der Waals surface area contributed by atoms with E-state index in [1.54, 1.807) is 12.1 Å². The summed E-state index contributed by atoms with van der Waals surface area (Å²) in [7, 11) is 0. The third-order valence-electron chi connectivity index (χ3n) is 3.58. The fourth-order valence-electron chi connectivity index (χ4n) is 2.70. The van der Waals surface area contributed by atoms with E-state index in [9.17, 15) is 5.11 Å². The third-order valence-corrected chi connectivity index (χ3v) is 3.58.